The van der Waals surface area contributed by atoms with Crippen molar-refractivity contribution in [3.8, 4) is 0 Å². The third-order valence-electron chi connectivity index (χ3n) is 6.65. The highest BCUT2D eigenvalue weighted by molar-refractivity contribution is 8.00. The lowest BCUT2D eigenvalue weighted by atomic mass is 9.88. The average molecular weight is 515 g/mol. The summed E-state index contributed by atoms with van der Waals surface area (Å²) in [6, 6.07) is 7.65. The first-order valence-electron chi connectivity index (χ1n) is 12.7. The fraction of sp³-hybridized carbons (Fsp3) is 0.519. The molecule has 1 aromatic carbocycles. The molecule has 4 rings (SSSR count). The molecule has 2 aliphatic rings. The van der Waals surface area contributed by atoms with Crippen LogP contribution in [0, 0.1) is 5.92 Å². The Morgan fingerprint density at radius 2 is 1.86 bits per heavy atom. The highest BCUT2D eigenvalue weighted by Gasteiger charge is 2.28. The van der Waals surface area contributed by atoms with Crippen molar-refractivity contribution in [1.29, 1.82) is 0 Å². The van der Waals surface area contributed by atoms with Gasteiger partial charge >= 0.3 is 5.97 Å². The fourth-order valence-electron chi connectivity index (χ4n) is 4.80. The van der Waals surface area contributed by atoms with Gasteiger partial charge in [0.25, 0.3) is 0 Å². The van der Waals surface area contributed by atoms with Crippen molar-refractivity contribution in [2.45, 2.75) is 81.8 Å². The SMILES string of the molecule is CCOC(=O)c1c(NC(=O)C(C)Sc2cccc(NC(=O)C3CCCCC3)c2)sc2c1CCCC2. The molecule has 0 saturated heterocycles. The van der Waals surface area contributed by atoms with Crippen molar-refractivity contribution < 1.29 is 19.1 Å². The minimum absolute atomic E-state index is 0.0887. The van der Waals surface area contributed by atoms with Gasteiger partial charge in [0.1, 0.15) is 5.00 Å². The molecule has 8 heteroatoms. The summed E-state index contributed by atoms with van der Waals surface area (Å²) >= 11 is 2.93. The Hall–Kier alpha value is -2.32. The van der Waals surface area contributed by atoms with Crippen LogP contribution >= 0.6 is 23.1 Å². The molecular formula is C27H34N2O4S2. The largest absolute Gasteiger partial charge is 0.462 e. The van der Waals surface area contributed by atoms with E-state index in [-0.39, 0.29) is 29.0 Å². The van der Waals surface area contributed by atoms with Gasteiger partial charge in [0.05, 0.1) is 17.4 Å². The first-order valence-corrected chi connectivity index (χ1v) is 14.4. The Bertz CT molecular complexity index is 1080. The molecule has 1 atom stereocenters. The van der Waals surface area contributed by atoms with E-state index >= 15 is 0 Å². The zero-order valence-corrected chi connectivity index (χ0v) is 22.1. The number of thiophene rings is 1. The molecule has 6 nitrogen and oxygen atoms in total. The molecule has 0 bridgehead atoms. The lowest BCUT2D eigenvalue weighted by Gasteiger charge is -2.21. The molecule has 35 heavy (non-hydrogen) atoms. The van der Waals surface area contributed by atoms with E-state index in [0.29, 0.717) is 17.2 Å². The number of rotatable bonds is 8. The van der Waals surface area contributed by atoms with Crippen LogP contribution in [0.2, 0.25) is 0 Å². The third kappa shape index (κ3) is 6.47. The molecule has 1 saturated carbocycles. The van der Waals surface area contributed by atoms with Crippen molar-refractivity contribution in [3.63, 3.8) is 0 Å². The number of aryl methyl sites for hydroxylation is 1. The quantitative estimate of drug-likeness (QED) is 0.313. The number of benzene rings is 1. The van der Waals surface area contributed by atoms with Crippen LogP contribution in [0.1, 0.15) is 79.6 Å². The summed E-state index contributed by atoms with van der Waals surface area (Å²) in [6.07, 6.45) is 9.29. The van der Waals surface area contributed by atoms with Crippen LogP contribution in [0.5, 0.6) is 0 Å². The summed E-state index contributed by atoms with van der Waals surface area (Å²) in [5.74, 6) is -0.333. The minimum atomic E-state index is -0.381. The molecular weight excluding hydrogens is 480 g/mol. The van der Waals surface area contributed by atoms with Crippen LogP contribution in [-0.4, -0.2) is 29.6 Å². The number of anilines is 2. The molecule has 1 fully saturated rings. The van der Waals surface area contributed by atoms with Gasteiger partial charge in [-0.15, -0.1) is 23.1 Å². The first kappa shape index (κ1) is 25.8. The summed E-state index contributed by atoms with van der Waals surface area (Å²) in [5.41, 5.74) is 2.33. The number of esters is 1. The van der Waals surface area contributed by atoms with Gasteiger partial charge in [-0.25, -0.2) is 4.79 Å². The van der Waals surface area contributed by atoms with Crippen LogP contribution in [0.25, 0.3) is 0 Å². The Kier molecular flexibility index (Phi) is 8.89. The number of hydrogen-bond donors (Lipinski definition) is 2. The van der Waals surface area contributed by atoms with Gasteiger partial charge in [-0.1, -0.05) is 25.3 Å². The number of ether oxygens (including phenoxy) is 1. The molecule has 188 valence electrons. The number of carbonyl (C=O) groups excluding carboxylic acids is 3. The number of hydrogen-bond acceptors (Lipinski definition) is 6. The average Bonchev–Trinajstić information content (AvgIpc) is 3.22. The topological polar surface area (TPSA) is 84.5 Å². The molecule has 1 unspecified atom stereocenters. The van der Waals surface area contributed by atoms with Gasteiger partial charge in [-0.05, 0) is 76.1 Å². The molecule has 1 aromatic heterocycles. The highest BCUT2D eigenvalue weighted by atomic mass is 32.2. The number of nitrogens with one attached hydrogen (secondary N) is 2. The van der Waals surface area contributed by atoms with E-state index in [1.54, 1.807) is 6.92 Å². The molecule has 2 aliphatic carbocycles. The second-order valence-electron chi connectivity index (χ2n) is 9.24. The summed E-state index contributed by atoms with van der Waals surface area (Å²) < 4.78 is 5.30. The van der Waals surface area contributed by atoms with E-state index in [9.17, 15) is 14.4 Å². The van der Waals surface area contributed by atoms with E-state index in [4.69, 9.17) is 4.74 Å². The molecule has 0 aliphatic heterocycles. The van der Waals surface area contributed by atoms with Gasteiger partial charge < -0.3 is 15.4 Å². The summed E-state index contributed by atoms with van der Waals surface area (Å²) in [4.78, 5) is 40.5. The van der Waals surface area contributed by atoms with Gasteiger partial charge in [0.15, 0.2) is 0 Å². The molecule has 1 heterocycles. The number of amides is 2. The number of thioether (sulfide) groups is 1. The zero-order valence-electron chi connectivity index (χ0n) is 20.5. The summed E-state index contributed by atoms with van der Waals surface area (Å²) in [5, 5.41) is 6.27. The maximum Gasteiger partial charge on any atom is 0.341 e. The first-order chi connectivity index (χ1) is 17.0. The van der Waals surface area contributed by atoms with Gasteiger partial charge in [-0.3, -0.25) is 9.59 Å². The normalized spacial score (nSPS) is 16.7. The maximum absolute atomic E-state index is 13.1. The third-order valence-corrected chi connectivity index (χ3v) is 8.95. The van der Waals surface area contributed by atoms with Gasteiger partial charge in [0.2, 0.25) is 11.8 Å². The Morgan fingerprint density at radius 3 is 2.63 bits per heavy atom. The second kappa shape index (κ2) is 12.1. The maximum atomic E-state index is 13.1. The molecule has 0 radical (unpaired) electrons. The Morgan fingerprint density at radius 1 is 1.09 bits per heavy atom. The van der Waals surface area contributed by atoms with Crippen molar-refractivity contribution in [1.82, 2.24) is 0 Å². The molecule has 0 spiro atoms. The van der Waals surface area contributed by atoms with E-state index in [0.717, 1.165) is 67.5 Å². The zero-order chi connectivity index (χ0) is 24.8. The van der Waals surface area contributed by atoms with Gasteiger partial charge in [-0.2, -0.15) is 0 Å². The predicted molar refractivity (Wildman–Crippen MR) is 143 cm³/mol. The molecule has 2 amide bonds. The van der Waals surface area contributed by atoms with E-state index in [2.05, 4.69) is 10.6 Å². The molecule has 2 aromatic rings. The van der Waals surface area contributed by atoms with Crippen molar-refractivity contribution in [2.24, 2.45) is 5.92 Å². The predicted octanol–water partition coefficient (Wildman–Crippen LogP) is 6.44. The van der Waals surface area contributed by atoms with Crippen LogP contribution in [-0.2, 0) is 27.2 Å². The lowest BCUT2D eigenvalue weighted by molar-refractivity contribution is -0.120. The van der Waals surface area contributed by atoms with Crippen LogP contribution in [0.4, 0.5) is 10.7 Å². The highest BCUT2D eigenvalue weighted by Crippen LogP contribution is 2.39. The van der Waals surface area contributed by atoms with Crippen molar-refractivity contribution in [2.75, 3.05) is 17.2 Å². The number of carbonyl (C=O) groups is 3. The Labute approximate surface area is 215 Å². The standard InChI is InChI=1S/C27H34N2O4S2/c1-3-33-27(32)23-21-14-7-8-15-22(21)35-26(23)29-24(30)17(2)34-20-13-9-12-19(16-20)28-25(31)18-10-5-4-6-11-18/h9,12-13,16-18H,3-8,10-11,14-15H2,1-2H3,(H,28,31)(H,29,30). The van der Waals surface area contributed by atoms with Crippen molar-refractivity contribution in [3.05, 3.63) is 40.3 Å². The second-order valence-corrected chi connectivity index (χ2v) is 11.8. The van der Waals surface area contributed by atoms with E-state index < -0.39 is 0 Å². The van der Waals surface area contributed by atoms with Gasteiger partial charge in [0, 0.05) is 21.4 Å². The minimum Gasteiger partial charge on any atom is -0.462 e. The van der Waals surface area contributed by atoms with Crippen molar-refractivity contribution >= 4 is 51.6 Å². The summed E-state index contributed by atoms with van der Waals surface area (Å²) in [7, 11) is 0. The fourth-order valence-corrected chi connectivity index (χ4v) is 7.01. The van der Waals surface area contributed by atoms with Crippen LogP contribution in [0.3, 0.4) is 0 Å². The summed E-state index contributed by atoms with van der Waals surface area (Å²) in [6.45, 7) is 3.95. The molecule has 2 N–H and O–H groups in total. The Balaban J connectivity index is 1.41. The van der Waals surface area contributed by atoms with Crippen LogP contribution < -0.4 is 10.6 Å². The van der Waals surface area contributed by atoms with E-state index in [1.165, 1.54) is 34.4 Å². The van der Waals surface area contributed by atoms with Crippen LogP contribution in [0.15, 0.2) is 29.2 Å². The monoisotopic (exact) mass is 514 g/mol. The number of fused-ring (bicyclic) bond motifs is 1. The lowest BCUT2D eigenvalue weighted by Crippen LogP contribution is -2.24. The smallest absolute Gasteiger partial charge is 0.341 e. The van der Waals surface area contributed by atoms with E-state index in [1.807, 2.05) is 31.2 Å².